The zero-order valence-corrected chi connectivity index (χ0v) is 13.3. The molecule has 2 N–H and O–H groups in total. The third-order valence-corrected chi connectivity index (χ3v) is 4.35. The molecule has 3 rings (SSSR count). The molecular formula is C16H19N3O4. The van der Waals surface area contributed by atoms with Crippen molar-refractivity contribution in [1.82, 2.24) is 15.0 Å². The minimum atomic E-state index is -1.03. The number of likely N-dealkylation sites (tertiary alicyclic amines) is 1. The minimum Gasteiger partial charge on any atom is -0.478 e. The molecule has 2 aromatic rings. The zero-order valence-electron chi connectivity index (χ0n) is 13.3. The van der Waals surface area contributed by atoms with Crippen LogP contribution < -0.4 is 0 Å². The fraction of sp³-hybridized carbons (Fsp3) is 0.438. The summed E-state index contributed by atoms with van der Waals surface area (Å²) >= 11 is 0. The topological polar surface area (TPSA) is 99.4 Å². The SMILES string of the molecule is Cc1cc(C2CCCN2C(=O)c2[nH]c(C)c(C(=O)O)c2C)on1. The number of amides is 1. The van der Waals surface area contributed by atoms with Crippen molar-refractivity contribution in [2.75, 3.05) is 6.54 Å². The number of carboxylic acids is 1. The molecule has 122 valence electrons. The smallest absolute Gasteiger partial charge is 0.337 e. The van der Waals surface area contributed by atoms with E-state index in [0.29, 0.717) is 29.3 Å². The van der Waals surface area contributed by atoms with Crippen molar-refractivity contribution in [1.29, 1.82) is 0 Å². The summed E-state index contributed by atoms with van der Waals surface area (Å²) in [6.07, 6.45) is 1.69. The standard InChI is InChI=1S/C16H19N3O4/c1-8-7-12(23-18-8)11-5-4-6-19(11)15(20)14-9(2)13(16(21)22)10(3)17-14/h7,11,17H,4-6H2,1-3H3,(H,21,22). The molecule has 1 aliphatic heterocycles. The van der Waals surface area contributed by atoms with Crippen LogP contribution in [0.15, 0.2) is 10.6 Å². The first-order valence-electron chi connectivity index (χ1n) is 7.56. The van der Waals surface area contributed by atoms with Gasteiger partial charge in [0.1, 0.15) is 5.69 Å². The fourth-order valence-corrected chi connectivity index (χ4v) is 3.27. The van der Waals surface area contributed by atoms with Crippen molar-refractivity contribution in [3.8, 4) is 0 Å². The van der Waals surface area contributed by atoms with Crippen molar-refractivity contribution >= 4 is 11.9 Å². The number of carbonyl (C=O) groups excluding carboxylic acids is 1. The van der Waals surface area contributed by atoms with Gasteiger partial charge in [-0.1, -0.05) is 5.16 Å². The van der Waals surface area contributed by atoms with Crippen LogP contribution in [0.3, 0.4) is 0 Å². The number of aromatic carboxylic acids is 1. The molecule has 1 saturated heterocycles. The van der Waals surface area contributed by atoms with E-state index in [2.05, 4.69) is 10.1 Å². The van der Waals surface area contributed by atoms with E-state index in [1.807, 2.05) is 13.0 Å². The predicted octanol–water partition coefficient (Wildman–Crippen LogP) is 2.60. The molecular weight excluding hydrogens is 298 g/mol. The third kappa shape index (κ3) is 2.52. The maximum absolute atomic E-state index is 12.9. The molecule has 0 radical (unpaired) electrons. The molecule has 1 unspecified atom stereocenters. The molecule has 3 heterocycles. The Labute approximate surface area is 133 Å². The normalized spacial score (nSPS) is 17.7. The molecule has 1 fully saturated rings. The van der Waals surface area contributed by atoms with Gasteiger partial charge in [0.25, 0.3) is 5.91 Å². The molecule has 1 aliphatic rings. The van der Waals surface area contributed by atoms with Crippen LogP contribution >= 0.6 is 0 Å². The number of carboxylic acid groups (broad SMARTS) is 1. The lowest BCUT2D eigenvalue weighted by Gasteiger charge is -2.22. The van der Waals surface area contributed by atoms with Crippen molar-refractivity contribution in [2.24, 2.45) is 0 Å². The van der Waals surface area contributed by atoms with Gasteiger partial charge in [-0.2, -0.15) is 0 Å². The van der Waals surface area contributed by atoms with E-state index >= 15 is 0 Å². The van der Waals surface area contributed by atoms with Gasteiger partial charge in [0, 0.05) is 18.3 Å². The predicted molar refractivity (Wildman–Crippen MR) is 81.5 cm³/mol. The molecule has 7 nitrogen and oxygen atoms in total. The monoisotopic (exact) mass is 317 g/mol. The van der Waals surface area contributed by atoms with Gasteiger partial charge >= 0.3 is 5.97 Å². The molecule has 0 bridgehead atoms. The lowest BCUT2D eigenvalue weighted by atomic mass is 10.1. The van der Waals surface area contributed by atoms with Gasteiger partial charge < -0.3 is 19.5 Å². The van der Waals surface area contributed by atoms with E-state index in [-0.39, 0.29) is 17.5 Å². The minimum absolute atomic E-state index is 0.153. The van der Waals surface area contributed by atoms with E-state index in [9.17, 15) is 14.7 Å². The Morgan fingerprint density at radius 2 is 2.13 bits per heavy atom. The highest BCUT2D eigenvalue weighted by atomic mass is 16.5. The molecule has 0 saturated carbocycles. The summed E-state index contributed by atoms with van der Waals surface area (Å²) in [5.41, 5.74) is 2.24. The highest BCUT2D eigenvalue weighted by Crippen LogP contribution is 2.34. The summed E-state index contributed by atoms with van der Waals surface area (Å²) in [7, 11) is 0. The maximum atomic E-state index is 12.9. The molecule has 1 atom stereocenters. The largest absolute Gasteiger partial charge is 0.478 e. The van der Waals surface area contributed by atoms with Crippen molar-refractivity contribution in [3.05, 3.63) is 40.0 Å². The van der Waals surface area contributed by atoms with Crippen LogP contribution in [0, 0.1) is 20.8 Å². The fourth-order valence-electron chi connectivity index (χ4n) is 3.27. The van der Waals surface area contributed by atoms with Crippen LogP contribution in [0.1, 0.15) is 62.4 Å². The van der Waals surface area contributed by atoms with Crippen LogP contribution in [0.5, 0.6) is 0 Å². The van der Waals surface area contributed by atoms with Gasteiger partial charge in [0.2, 0.25) is 0 Å². The molecule has 0 aromatic carbocycles. The molecule has 2 aromatic heterocycles. The number of nitrogens with zero attached hydrogens (tertiary/aromatic N) is 2. The average molecular weight is 317 g/mol. The molecule has 0 spiro atoms. The van der Waals surface area contributed by atoms with Crippen molar-refractivity contribution < 1.29 is 19.2 Å². The maximum Gasteiger partial charge on any atom is 0.337 e. The zero-order chi connectivity index (χ0) is 16.7. The number of aryl methyl sites for hydroxylation is 2. The summed E-state index contributed by atoms with van der Waals surface area (Å²) in [6.45, 7) is 5.77. The first-order chi connectivity index (χ1) is 10.9. The van der Waals surface area contributed by atoms with Gasteiger partial charge in [-0.3, -0.25) is 4.79 Å². The number of carbonyl (C=O) groups is 2. The second-order valence-electron chi connectivity index (χ2n) is 5.96. The van der Waals surface area contributed by atoms with E-state index in [0.717, 1.165) is 18.5 Å². The Kier molecular flexibility index (Phi) is 3.71. The van der Waals surface area contributed by atoms with Gasteiger partial charge in [-0.15, -0.1) is 0 Å². The van der Waals surface area contributed by atoms with E-state index in [1.165, 1.54) is 0 Å². The Balaban J connectivity index is 1.94. The van der Waals surface area contributed by atoms with Gasteiger partial charge in [0.05, 0.1) is 17.3 Å². The van der Waals surface area contributed by atoms with Gasteiger partial charge in [0.15, 0.2) is 5.76 Å². The number of hydrogen-bond acceptors (Lipinski definition) is 4. The van der Waals surface area contributed by atoms with Crippen molar-refractivity contribution in [2.45, 2.75) is 39.7 Å². The average Bonchev–Trinajstić information content (AvgIpc) is 3.16. The summed E-state index contributed by atoms with van der Waals surface area (Å²) in [5, 5.41) is 13.2. The number of nitrogens with one attached hydrogen (secondary N) is 1. The number of aromatic amines is 1. The van der Waals surface area contributed by atoms with Crippen LogP contribution in [0.4, 0.5) is 0 Å². The van der Waals surface area contributed by atoms with Crippen molar-refractivity contribution in [3.63, 3.8) is 0 Å². The third-order valence-electron chi connectivity index (χ3n) is 4.35. The van der Waals surface area contributed by atoms with Crippen LogP contribution in [0.2, 0.25) is 0 Å². The van der Waals surface area contributed by atoms with Crippen LogP contribution in [0.25, 0.3) is 0 Å². The van der Waals surface area contributed by atoms with E-state index in [1.54, 1.807) is 18.7 Å². The quantitative estimate of drug-likeness (QED) is 0.906. The summed E-state index contributed by atoms with van der Waals surface area (Å²) in [5.74, 6) is -0.554. The van der Waals surface area contributed by atoms with Crippen LogP contribution in [-0.4, -0.2) is 38.6 Å². The molecule has 1 amide bonds. The molecule has 23 heavy (non-hydrogen) atoms. The Morgan fingerprint density at radius 1 is 1.39 bits per heavy atom. The number of H-pyrrole nitrogens is 1. The lowest BCUT2D eigenvalue weighted by molar-refractivity contribution is 0.0695. The first kappa shape index (κ1) is 15.3. The van der Waals surface area contributed by atoms with Gasteiger partial charge in [-0.05, 0) is 39.2 Å². The number of aromatic nitrogens is 2. The number of rotatable bonds is 3. The first-order valence-corrected chi connectivity index (χ1v) is 7.56. The van der Waals surface area contributed by atoms with E-state index < -0.39 is 5.97 Å². The second kappa shape index (κ2) is 5.57. The van der Waals surface area contributed by atoms with Crippen LogP contribution in [-0.2, 0) is 0 Å². The highest BCUT2D eigenvalue weighted by molar-refractivity contribution is 6.00. The highest BCUT2D eigenvalue weighted by Gasteiger charge is 2.35. The summed E-state index contributed by atoms with van der Waals surface area (Å²) in [4.78, 5) is 28.9. The Bertz CT molecular complexity index is 774. The van der Waals surface area contributed by atoms with E-state index in [4.69, 9.17) is 4.52 Å². The lowest BCUT2D eigenvalue weighted by Crippen LogP contribution is -2.31. The Morgan fingerprint density at radius 3 is 2.70 bits per heavy atom. The molecule has 0 aliphatic carbocycles. The van der Waals surface area contributed by atoms with Gasteiger partial charge in [-0.25, -0.2) is 4.79 Å². The summed E-state index contributed by atoms with van der Waals surface area (Å²) < 4.78 is 5.31. The molecule has 7 heteroatoms. The summed E-state index contributed by atoms with van der Waals surface area (Å²) in [6, 6.07) is 1.69. The number of hydrogen-bond donors (Lipinski definition) is 2. The second-order valence-corrected chi connectivity index (χ2v) is 5.96. The Hall–Kier alpha value is -2.57.